The Hall–Kier alpha value is -2.96. The first-order valence-electron chi connectivity index (χ1n) is 10.8. The van der Waals surface area contributed by atoms with Crippen LogP contribution in [0.1, 0.15) is 46.4 Å². The molecule has 2 fully saturated rings. The van der Waals surface area contributed by atoms with E-state index in [0.29, 0.717) is 31.0 Å². The number of carbonyl (C=O) groups is 2. The quantitative estimate of drug-likeness (QED) is 0.720. The van der Waals surface area contributed by atoms with Crippen LogP contribution in [0.3, 0.4) is 0 Å². The van der Waals surface area contributed by atoms with Gasteiger partial charge in [-0.05, 0) is 68.1 Å². The van der Waals surface area contributed by atoms with Crippen LogP contribution in [0.2, 0.25) is 0 Å². The molecule has 2 aromatic carbocycles. The van der Waals surface area contributed by atoms with Crippen LogP contribution < -0.4 is 4.74 Å². The SMILES string of the molecule is O=C(c1ccc(OCC2CCCN(C(=O)c3ccc(F)c(F)c3)C2)cc1)N1CCCC1. The lowest BCUT2D eigenvalue weighted by molar-refractivity contribution is 0.0632. The highest BCUT2D eigenvalue weighted by Crippen LogP contribution is 2.22. The molecule has 0 aliphatic carbocycles. The Kier molecular flexibility index (Phi) is 6.49. The van der Waals surface area contributed by atoms with E-state index >= 15 is 0 Å². The molecule has 0 radical (unpaired) electrons. The number of hydrogen-bond acceptors (Lipinski definition) is 3. The van der Waals surface area contributed by atoms with Crippen LogP contribution in [0.5, 0.6) is 5.75 Å². The van der Waals surface area contributed by atoms with Crippen molar-refractivity contribution in [3.63, 3.8) is 0 Å². The molecule has 2 amide bonds. The van der Waals surface area contributed by atoms with Crippen molar-refractivity contribution in [2.45, 2.75) is 25.7 Å². The Balaban J connectivity index is 1.31. The van der Waals surface area contributed by atoms with Gasteiger partial charge in [-0.15, -0.1) is 0 Å². The topological polar surface area (TPSA) is 49.9 Å². The van der Waals surface area contributed by atoms with Crippen molar-refractivity contribution in [1.29, 1.82) is 0 Å². The van der Waals surface area contributed by atoms with E-state index in [2.05, 4.69) is 0 Å². The van der Waals surface area contributed by atoms with E-state index in [0.717, 1.165) is 50.9 Å². The third kappa shape index (κ3) is 5.03. The number of carbonyl (C=O) groups excluding carboxylic acids is 2. The zero-order chi connectivity index (χ0) is 21.8. The van der Waals surface area contributed by atoms with Crippen molar-refractivity contribution in [2.75, 3.05) is 32.8 Å². The summed E-state index contributed by atoms with van der Waals surface area (Å²) >= 11 is 0. The molecular formula is C24H26F2N2O3. The van der Waals surface area contributed by atoms with Crippen LogP contribution >= 0.6 is 0 Å². The van der Waals surface area contributed by atoms with Crippen molar-refractivity contribution >= 4 is 11.8 Å². The highest BCUT2D eigenvalue weighted by atomic mass is 19.2. The van der Waals surface area contributed by atoms with Gasteiger partial charge >= 0.3 is 0 Å². The third-order valence-electron chi connectivity index (χ3n) is 5.95. The molecule has 0 aromatic heterocycles. The predicted molar refractivity (Wildman–Crippen MR) is 112 cm³/mol. The second kappa shape index (κ2) is 9.45. The number of ether oxygens (including phenoxy) is 1. The first kappa shape index (κ1) is 21.3. The zero-order valence-electron chi connectivity index (χ0n) is 17.4. The summed E-state index contributed by atoms with van der Waals surface area (Å²) in [5.41, 5.74) is 0.814. The highest BCUT2D eigenvalue weighted by molar-refractivity contribution is 5.95. The van der Waals surface area contributed by atoms with Gasteiger partial charge in [0.05, 0.1) is 6.61 Å². The van der Waals surface area contributed by atoms with Crippen LogP contribution in [-0.2, 0) is 0 Å². The molecule has 2 saturated heterocycles. The van der Waals surface area contributed by atoms with Gasteiger partial charge < -0.3 is 14.5 Å². The van der Waals surface area contributed by atoms with Gasteiger partial charge in [-0.2, -0.15) is 0 Å². The van der Waals surface area contributed by atoms with Crippen molar-refractivity contribution in [2.24, 2.45) is 5.92 Å². The summed E-state index contributed by atoms with van der Waals surface area (Å²) in [5.74, 6) is -1.39. The molecule has 1 unspecified atom stereocenters. The fourth-order valence-corrected chi connectivity index (χ4v) is 4.21. The second-order valence-corrected chi connectivity index (χ2v) is 8.22. The first-order valence-corrected chi connectivity index (χ1v) is 10.8. The number of nitrogens with zero attached hydrogens (tertiary/aromatic N) is 2. The van der Waals surface area contributed by atoms with E-state index < -0.39 is 11.6 Å². The van der Waals surface area contributed by atoms with Gasteiger partial charge in [-0.3, -0.25) is 9.59 Å². The fraction of sp³-hybridized carbons (Fsp3) is 0.417. The van der Waals surface area contributed by atoms with Gasteiger partial charge in [0.25, 0.3) is 11.8 Å². The maximum absolute atomic E-state index is 13.5. The molecule has 7 heteroatoms. The highest BCUT2D eigenvalue weighted by Gasteiger charge is 2.26. The monoisotopic (exact) mass is 428 g/mol. The molecule has 0 saturated carbocycles. The van der Waals surface area contributed by atoms with E-state index in [1.165, 1.54) is 6.07 Å². The van der Waals surface area contributed by atoms with Crippen LogP contribution in [0.15, 0.2) is 42.5 Å². The van der Waals surface area contributed by atoms with Gasteiger partial charge in [-0.25, -0.2) is 8.78 Å². The Bertz CT molecular complexity index is 942. The summed E-state index contributed by atoms with van der Waals surface area (Å²) in [6, 6.07) is 10.4. The first-order chi connectivity index (χ1) is 15.0. The molecule has 2 aromatic rings. The Morgan fingerprint density at radius 1 is 0.839 bits per heavy atom. The molecule has 0 N–H and O–H groups in total. The normalized spacial score (nSPS) is 18.8. The standard InChI is InChI=1S/C24H26F2N2O3/c25-21-10-7-19(14-22(21)26)24(30)28-13-3-4-17(15-28)16-31-20-8-5-18(6-9-20)23(29)27-11-1-2-12-27/h5-10,14,17H,1-4,11-13,15-16H2. The summed E-state index contributed by atoms with van der Waals surface area (Å²) in [4.78, 5) is 28.6. The Morgan fingerprint density at radius 3 is 2.19 bits per heavy atom. The van der Waals surface area contributed by atoms with Crippen LogP contribution in [0.4, 0.5) is 8.78 Å². The zero-order valence-corrected chi connectivity index (χ0v) is 17.4. The average Bonchev–Trinajstić information content (AvgIpc) is 3.34. The van der Waals surface area contributed by atoms with Crippen molar-refractivity contribution in [3.8, 4) is 5.75 Å². The van der Waals surface area contributed by atoms with Crippen LogP contribution in [0, 0.1) is 17.6 Å². The molecule has 2 aliphatic heterocycles. The molecule has 5 nitrogen and oxygen atoms in total. The minimum Gasteiger partial charge on any atom is -0.493 e. The van der Waals surface area contributed by atoms with E-state index in [1.807, 2.05) is 4.90 Å². The molecular weight excluding hydrogens is 402 g/mol. The minimum absolute atomic E-state index is 0.0581. The van der Waals surface area contributed by atoms with Crippen molar-refractivity contribution in [3.05, 3.63) is 65.2 Å². The smallest absolute Gasteiger partial charge is 0.253 e. The number of rotatable bonds is 5. The lowest BCUT2D eigenvalue weighted by Gasteiger charge is -2.32. The predicted octanol–water partition coefficient (Wildman–Crippen LogP) is 4.13. The minimum atomic E-state index is -1.02. The Morgan fingerprint density at radius 2 is 1.48 bits per heavy atom. The number of amides is 2. The summed E-state index contributed by atoms with van der Waals surface area (Å²) in [5, 5.41) is 0. The molecule has 164 valence electrons. The second-order valence-electron chi connectivity index (χ2n) is 8.22. The fourth-order valence-electron chi connectivity index (χ4n) is 4.21. The van der Waals surface area contributed by atoms with E-state index in [4.69, 9.17) is 4.74 Å². The Labute approximate surface area is 180 Å². The molecule has 4 rings (SSSR count). The van der Waals surface area contributed by atoms with Gasteiger partial charge in [0, 0.05) is 43.2 Å². The van der Waals surface area contributed by atoms with Crippen LogP contribution in [-0.4, -0.2) is 54.4 Å². The third-order valence-corrected chi connectivity index (χ3v) is 5.95. The van der Waals surface area contributed by atoms with Crippen LogP contribution in [0.25, 0.3) is 0 Å². The molecule has 2 heterocycles. The lowest BCUT2D eigenvalue weighted by atomic mass is 9.98. The van der Waals surface area contributed by atoms with Gasteiger partial charge in [0.1, 0.15) is 5.75 Å². The summed E-state index contributed by atoms with van der Waals surface area (Å²) in [6.45, 7) is 3.17. The van der Waals surface area contributed by atoms with E-state index in [-0.39, 0.29) is 23.3 Å². The summed E-state index contributed by atoms with van der Waals surface area (Å²) in [6.07, 6.45) is 3.87. The largest absolute Gasteiger partial charge is 0.493 e. The number of benzene rings is 2. The molecule has 0 bridgehead atoms. The van der Waals surface area contributed by atoms with E-state index in [9.17, 15) is 18.4 Å². The van der Waals surface area contributed by atoms with Crippen molar-refractivity contribution in [1.82, 2.24) is 9.80 Å². The molecule has 2 aliphatic rings. The molecule has 0 spiro atoms. The summed E-state index contributed by atoms with van der Waals surface area (Å²) < 4.78 is 32.5. The van der Waals surface area contributed by atoms with E-state index in [1.54, 1.807) is 29.2 Å². The average molecular weight is 428 g/mol. The van der Waals surface area contributed by atoms with Gasteiger partial charge in [-0.1, -0.05) is 0 Å². The number of likely N-dealkylation sites (tertiary alicyclic amines) is 2. The van der Waals surface area contributed by atoms with Crippen molar-refractivity contribution < 1.29 is 23.1 Å². The number of halogens is 2. The maximum Gasteiger partial charge on any atom is 0.253 e. The lowest BCUT2D eigenvalue weighted by Crippen LogP contribution is -2.41. The number of hydrogen-bond donors (Lipinski definition) is 0. The number of piperidine rings is 1. The molecule has 31 heavy (non-hydrogen) atoms. The molecule has 1 atom stereocenters. The summed E-state index contributed by atoms with van der Waals surface area (Å²) in [7, 11) is 0. The van der Waals surface area contributed by atoms with Gasteiger partial charge in [0.15, 0.2) is 11.6 Å². The maximum atomic E-state index is 13.5. The van der Waals surface area contributed by atoms with Gasteiger partial charge in [0.2, 0.25) is 0 Å².